The Kier molecular flexibility index (Phi) is 5.97. The highest BCUT2D eigenvalue weighted by molar-refractivity contribution is 7.88. The van der Waals surface area contributed by atoms with E-state index < -0.39 is 10.0 Å². The van der Waals surface area contributed by atoms with Crippen LogP contribution in [0.25, 0.3) is 0 Å². The number of benzene rings is 2. The largest absolute Gasteiger partial charge is 0.326 e. The summed E-state index contributed by atoms with van der Waals surface area (Å²) in [5, 5.41) is 2.95. The molecule has 0 saturated carbocycles. The Morgan fingerprint density at radius 2 is 1.78 bits per heavy atom. The summed E-state index contributed by atoms with van der Waals surface area (Å²) >= 11 is 0. The second-order valence-corrected chi connectivity index (χ2v) is 9.18. The molecule has 2 aromatic carbocycles. The number of nitrogens with zero attached hydrogens (tertiary/aromatic N) is 1. The Morgan fingerprint density at radius 3 is 2.44 bits per heavy atom. The van der Waals surface area contributed by atoms with Gasteiger partial charge < -0.3 is 5.32 Å². The normalized spacial score (nSPS) is 16.2. The maximum atomic E-state index is 12.7. The van der Waals surface area contributed by atoms with Crippen molar-refractivity contribution < 1.29 is 13.2 Å². The van der Waals surface area contributed by atoms with E-state index in [1.807, 2.05) is 62.4 Å². The molecule has 0 spiro atoms. The summed E-state index contributed by atoms with van der Waals surface area (Å²) in [5.74, 6) is -0.174. The smallest absolute Gasteiger partial charge is 0.227 e. The number of nitrogens with one attached hydrogen (secondary N) is 1. The molecule has 3 rings (SSSR count). The summed E-state index contributed by atoms with van der Waals surface area (Å²) in [7, 11) is -3.37. The lowest BCUT2D eigenvalue weighted by molar-refractivity contribution is -0.120. The molecule has 0 unspecified atom stereocenters. The van der Waals surface area contributed by atoms with Crippen LogP contribution in [-0.4, -0.2) is 31.7 Å². The number of anilines is 1. The van der Waals surface area contributed by atoms with Gasteiger partial charge >= 0.3 is 0 Å². The van der Waals surface area contributed by atoms with Crippen molar-refractivity contribution in [3.8, 4) is 0 Å². The molecule has 6 heteroatoms. The zero-order chi connectivity index (χ0) is 19.4. The molecule has 1 aliphatic rings. The topological polar surface area (TPSA) is 66.5 Å². The second-order valence-electron chi connectivity index (χ2n) is 7.21. The first-order chi connectivity index (χ1) is 12.8. The lowest BCUT2D eigenvalue weighted by atomic mass is 9.97. The lowest BCUT2D eigenvalue weighted by Gasteiger charge is -2.30. The molecule has 144 valence electrons. The van der Waals surface area contributed by atoms with E-state index in [0.717, 1.165) is 22.4 Å². The second kappa shape index (κ2) is 8.23. The Morgan fingerprint density at radius 1 is 1.07 bits per heavy atom. The molecule has 0 aliphatic carbocycles. The van der Waals surface area contributed by atoms with Crippen LogP contribution in [-0.2, 0) is 20.6 Å². The Balaban J connectivity index is 1.58. The molecule has 1 amide bonds. The van der Waals surface area contributed by atoms with Gasteiger partial charge in [0.05, 0.1) is 5.75 Å². The summed E-state index contributed by atoms with van der Waals surface area (Å²) in [6.45, 7) is 4.68. The minimum atomic E-state index is -3.37. The number of aryl methyl sites for hydroxylation is 2. The van der Waals surface area contributed by atoms with Gasteiger partial charge in [0.25, 0.3) is 0 Å². The molecular formula is C21H26N2O3S. The van der Waals surface area contributed by atoms with Crippen molar-refractivity contribution in [2.75, 3.05) is 18.4 Å². The zero-order valence-electron chi connectivity index (χ0n) is 15.8. The van der Waals surface area contributed by atoms with Crippen molar-refractivity contribution in [3.05, 3.63) is 65.2 Å². The molecule has 2 aromatic rings. The maximum absolute atomic E-state index is 12.7. The van der Waals surface area contributed by atoms with Crippen molar-refractivity contribution in [2.24, 2.45) is 5.92 Å². The van der Waals surface area contributed by atoms with Crippen LogP contribution >= 0.6 is 0 Å². The Labute approximate surface area is 161 Å². The van der Waals surface area contributed by atoms with E-state index in [1.54, 1.807) is 0 Å². The van der Waals surface area contributed by atoms with Crippen molar-refractivity contribution in [1.82, 2.24) is 4.31 Å². The minimum absolute atomic E-state index is 0.0137. The SMILES string of the molecule is Cc1cccc(NC(=O)C2CCN(S(=O)(=O)Cc3ccccc3C)CC2)c1. The quantitative estimate of drug-likeness (QED) is 0.855. The number of hydrogen-bond donors (Lipinski definition) is 1. The molecule has 0 atom stereocenters. The van der Waals surface area contributed by atoms with Crippen LogP contribution in [0.4, 0.5) is 5.69 Å². The van der Waals surface area contributed by atoms with Gasteiger partial charge in [-0.25, -0.2) is 12.7 Å². The van der Waals surface area contributed by atoms with E-state index in [-0.39, 0.29) is 17.6 Å². The van der Waals surface area contributed by atoms with E-state index >= 15 is 0 Å². The van der Waals surface area contributed by atoms with E-state index in [9.17, 15) is 13.2 Å². The maximum Gasteiger partial charge on any atom is 0.227 e. The molecule has 0 aromatic heterocycles. The summed E-state index contributed by atoms with van der Waals surface area (Å²) in [6, 6.07) is 15.2. The van der Waals surface area contributed by atoms with Crippen LogP contribution in [0.15, 0.2) is 48.5 Å². The fraction of sp³-hybridized carbons (Fsp3) is 0.381. The Bertz CT molecular complexity index is 917. The molecule has 0 radical (unpaired) electrons. The summed E-state index contributed by atoms with van der Waals surface area (Å²) in [6.07, 6.45) is 1.09. The number of hydrogen-bond acceptors (Lipinski definition) is 3. The highest BCUT2D eigenvalue weighted by Crippen LogP contribution is 2.24. The van der Waals surface area contributed by atoms with Gasteiger partial charge in [-0.3, -0.25) is 4.79 Å². The molecule has 1 heterocycles. The minimum Gasteiger partial charge on any atom is -0.326 e. The summed E-state index contributed by atoms with van der Waals surface area (Å²) in [5.41, 5.74) is 3.69. The first-order valence-corrected chi connectivity index (χ1v) is 10.9. The number of amides is 1. The fourth-order valence-electron chi connectivity index (χ4n) is 3.42. The predicted octanol–water partition coefficient (Wildman–Crippen LogP) is 3.48. The van der Waals surface area contributed by atoms with E-state index in [0.29, 0.717) is 25.9 Å². The number of sulfonamides is 1. The zero-order valence-corrected chi connectivity index (χ0v) is 16.6. The van der Waals surface area contributed by atoms with Gasteiger partial charge in [0.15, 0.2) is 0 Å². The third-order valence-electron chi connectivity index (χ3n) is 5.10. The van der Waals surface area contributed by atoms with Crippen LogP contribution in [0.5, 0.6) is 0 Å². The fourth-order valence-corrected chi connectivity index (χ4v) is 5.09. The van der Waals surface area contributed by atoms with Crippen LogP contribution in [0.3, 0.4) is 0 Å². The third-order valence-corrected chi connectivity index (χ3v) is 6.93. The molecule has 1 aliphatic heterocycles. The van der Waals surface area contributed by atoms with Crippen LogP contribution < -0.4 is 5.32 Å². The van der Waals surface area contributed by atoms with Gasteiger partial charge in [-0.2, -0.15) is 0 Å². The molecule has 0 bridgehead atoms. The van der Waals surface area contributed by atoms with Crippen molar-refractivity contribution >= 4 is 21.6 Å². The first kappa shape index (κ1) is 19.6. The average molecular weight is 387 g/mol. The molecular weight excluding hydrogens is 360 g/mol. The van der Waals surface area contributed by atoms with Gasteiger partial charge in [-0.15, -0.1) is 0 Å². The van der Waals surface area contributed by atoms with Crippen molar-refractivity contribution in [3.63, 3.8) is 0 Å². The molecule has 1 saturated heterocycles. The number of carbonyl (C=O) groups is 1. The third kappa shape index (κ3) is 4.96. The van der Waals surface area contributed by atoms with E-state index in [2.05, 4.69) is 5.32 Å². The highest BCUT2D eigenvalue weighted by Gasteiger charge is 2.31. The first-order valence-electron chi connectivity index (χ1n) is 9.25. The standard InChI is InChI=1S/C21H26N2O3S/c1-16-6-5-9-20(14-16)22-21(24)18-10-12-23(13-11-18)27(25,26)15-19-8-4-3-7-17(19)2/h3-9,14,18H,10-13,15H2,1-2H3,(H,22,24). The number of piperidine rings is 1. The number of carbonyl (C=O) groups excluding carboxylic acids is 1. The van der Waals surface area contributed by atoms with Crippen LogP contribution in [0.1, 0.15) is 29.5 Å². The number of rotatable bonds is 5. The van der Waals surface area contributed by atoms with E-state index in [1.165, 1.54) is 4.31 Å². The van der Waals surface area contributed by atoms with Crippen molar-refractivity contribution in [2.45, 2.75) is 32.4 Å². The molecule has 5 nitrogen and oxygen atoms in total. The molecule has 1 fully saturated rings. The van der Waals surface area contributed by atoms with Gasteiger partial charge in [0, 0.05) is 24.7 Å². The van der Waals surface area contributed by atoms with Gasteiger partial charge in [-0.05, 0) is 55.5 Å². The highest BCUT2D eigenvalue weighted by atomic mass is 32.2. The van der Waals surface area contributed by atoms with Gasteiger partial charge in [-0.1, -0.05) is 36.4 Å². The van der Waals surface area contributed by atoms with Gasteiger partial charge in [0.1, 0.15) is 0 Å². The average Bonchev–Trinajstić information content (AvgIpc) is 2.64. The van der Waals surface area contributed by atoms with Crippen LogP contribution in [0, 0.1) is 19.8 Å². The molecule has 1 N–H and O–H groups in total. The Hall–Kier alpha value is -2.18. The monoisotopic (exact) mass is 386 g/mol. The molecule has 27 heavy (non-hydrogen) atoms. The van der Waals surface area contributed by atoms with Crippen LogP contribution in [0.2, 0.25) is 0 Å². The predicted molar refractivity (Wildman–Crippen MR) is 108 cm³/mol. The van der Waals surface area contributed by atoms with Crippen molar-refractivity contribution in [1.29, 1.82) is 0 Å². The lowest BCUT2D eigenvalue weighted by Crippen LogP contribution is -2.42. The van der Waals surface area contributed by atoms with Gasteiger partial charge in [0.2, 0.25) is 15.9 Å². The summed E-state index contributed by atoms with van der Waals surface area (Å²) in [4.78, 5) is 12.5. The van der Waals surface area contributed by atoms with E-state index in [4.69, 9.17) is 0 Å². The summed E-state index contributed by atoms with van der Waals surface area (Å²) < 4.78 is 27.0.